The molecular formula is C25H31N3O8. The maximum atomic E-state index is 12.4. The Morgan fingerprint density at radius 3 is 2.19 bits per heavy atom. The Morgan fingerprint density at radius 2 is 1.58 bits per heavy atom. The summed E-state index contributed by atoms with van der Waals surface area (Å²) in [6.07, 6.45) is -1.46. The van der Waals surface area contributed by atoms with Gasteiger partial charge in [0.25, 0.3) is 5.91 Å². The molecule has 2 aromatic carbocycles. The fourth-order valence-corrected chi connectivity index (χ4v) is 2.74. The fourth-order valence-electron chi connectivity index (χ4n) is 2.74. The van der Waals surface area contributed by atoms with E-state index in [-0.39, 0.29) is 31.9 Å². The van der Waals surface area contributed by atoms with Crippen LogP contribution in [0, 0.1) is 0 Å². The molecule has 0 heterocycles. The van der Waals surface area contributed by atoms with E-state index in [1.165, 1.54) is 12.1 Å². The predicted octanol–water partition coefficient (Wildman–Crippen LogP) is 2.70. The maximum Gasteiger partial charge on any atom is 0.408 e. The van der Waals surface area contributed by atoms with Gasteiger partial charge in [-0.1, -0.05) is 30.3 Å². The predicted molar refractivity (Wildman–Crippen MR) is 130 cm³/mol. The van der Waals surface area contributed by atoms with Crippen LogP contribution in [-0.2, 0) is 20.9 Å². The number of benzene rings is 2. The van der Waals surface area contributed by atoms with Crippen molar-refractivity contribution in [1.82, 2.24) is 16.0 Å². The average molecular weight is 502 g/mol. The van der Waals surface area contributed by atoms with E-state index >= 15 is 0 Å². The van der Waals surface area contributed by atoms with Crippen molar-refractivity contribution in [3.05, 3.63) is 65.7 Å². The molecule has 0 saturated carbocycles. The van der Waals surface area contributed by atoms with Gasteiger partial charge in [-0.05, 0) is 50.6 Å². The van der Waals surface area contributed by atoms with Crippen molar-refractivity contribution in [1.29, 1.82) is 0 Å². The van der Waals surface area contributed by atoms with Crippen LogP contribution < -0.4 is 20.7 Å². The Kier molecular flexibility index (Phi) is 10.5. The first-order valence-corrected chi connectivity index (χ1v) is 11.2. The Hall–Kier alpha value is -4.28. The monoisotopic (exact) mass is 501 g/mol. The maximum absolute atomic E-state index is 12.4. The molecule has 0 aromatic heterocycles. The van der Waals surface area contributed by atoms with Crippen LogP contribution in [0.5, 0.6) is 5.75 Å². The Bertz CT molecular complexity index is 1020. The molecule has 1 atom stereocenters. The summed E-state index contributed by atoms with van der Waals surface area (Å²) in [6, 6.07) is 13.7. The molecule has 11 nitrogen and oxygen atoms in total. The number of alkyl carbamates (subject to hydrolysis) is 2. The molecule has 11 heteroatoms. The van der Waals surface area contributed by atoms with Gasteiger partial charge < -0.3 is 35.3 Å². The molecule has 2 rings (SSSR count). The van der Waals surface area contributed by atoms with Crippen molar-refractivity contribution in [2.75, 3.05) is 19.7 Å². The van der Waals surface area contributed by atoms with E-state index in [9.17, 15) is 24.3 Å². The highest BCUT2D eigenvalue weighted by Gasteiger charge is 2.22. The third kappa shape index (κ3) is 10.8. The highest BCUT2D eigenvalue weighted by atomic mass is 16.6. The molecule has 0 aliphatic carbocycles. The van der Waals surface area contributed by atoms with Crippen molar-refractivity contribution in [3.63, 3.8) is 0 Å². The lowest BCUT2D eigenvalue weighted by atomic mass is 10.2. The highest BCUT2D eigenvalue weighted by molar-refractivity contribution is 5.94. The minimum atomic E-state index is -1.38. The topological polar surface area (TPSA) is 152 Å². The van der Waals surface area contributed by atoms with Gasteiger partial charge in [0.15, 0.2) is 0 Å². The Balaban J connectivity index is 1.74. The number of rotatable bonds is 11. The van der Waals surface area contributed by atoms with Crippen LogP contribution in [0.4, 0.5) is 9.59 Å². The van der Waals surface area contributed by atoms with E-state index in [2.05, 4.69) is 16.0 Å². The van der Waals surface area contributed by atoms with E-state index < -0.39 is 35.7 Å². The van der Waals surface area contributed by atoms with Gasteiger partial charge in [0.1, 0.15) is 30.6 Å². The SMILES string of the molecule is CC(C)(C)OC(=O)NCCOc1ccc(C(=O)NCC(NC(=O)OCc2ccccc2)C(=O)O)cc1. The van der Waals surface area contributed by atoms with E-state index in [4.69, 9.17) is 14.2 Å². The van der Waals surface area contributed by atoms with Crippen molar-refractivity contribution in [2.24, 2.45) is 0 Å². The second kappa shape index (κ2) is 13.6. The summed E-state index contributed by atoms with van der Waals surface area (Å²) in [6.45, 7) is 5.35. The summed E-state index contributed by atoms with van der Waals surface area (Å²) in [5.41, 5.74) is 0.428. The number of hydrogen-bond donors (Lipinski definition) is 4. The summed E-state index contributed by atoms with van der Waals surface area (Å²) in [7, 11) is 0. The normalized spacial score (nSPS) is 11.5. The molecule has 36 heavy (non-hydrogen) atoms. The molecule has 1 unspecified atom stereocenters. The molecule has 0 saturated heterocycles. The van der Waals surface area contributed by atoms with E-state index in [1.807, 2.05) is 6.07 Å². The second-order valence-corrected chi connectivity index (χ2v) is 8.61. The van der Waals surface area contributed by atoms with Crippen LogP contribution in [0.3, 0.4) is 0 Å². The van der Waals surface area contributed by atoms with Gasteiger partial charge in [-0.15, -0.1) is 0 Å². The Morgan fingerprint density at radius 1 is 0.917 bits per heavy atom. The zero-order valence-electron chi connectivity index (χ0n) is 20.4. The standard InChI is InChI=1S/C25H31N3O8/c1-25(2,3)36-23(32)26-13-14-34-19-11-9-18(10-12-19)21(29)27-15-20(22(30)31)28-24(33)35-16-17-7-5-4-6-8-17/h4-12,20H,13-16H2,1-3H3,(H,26,32)(H,27,29)(H,28,33)(H,30,31). The van der Waals surface area contributed by atoms with E-state index in [0.29, 0.717) is 5.75 Å². The number of carbonyl (C=O) groups is 4. The van der Waals surface area contributed by atoms with Gasteiger partial charge in [-0.2, -0.15) is 0 Å². The first-order valence-electron chi connectivity index (χ1n) is 11.2. The van der Waals surface area contributed by atoms with Crippen LogP contribution in [0.25, 0.3) is 0 Å². The molecule has 0 spiro atoms. The van der Waals surface area contributed by atoms with Crippen LogP contribution in [0.2, 0.25) is 0 Å². The smallest absolute Gasteiger partial charge is 0.408 e. The number of nitrogens with one attached hydrogen (secondary N) is 3. The van der Waals surface area contributed by atoms with Gasteiger partial charge in [0.05, 0.1) is 6.54 Å². The number of carbonyl (C=O) groups excluding carboxylic acids is 3. The largest absolute Gasteiger partial charge is 0.492 e. The van der Waals surface area contributed by atoms with Crippen molar-refractivity contribution < 1.29 is 38.5 Å². The summed E-state index contributed by atoms with van der Waals surface area (Å²) in [5.74, 6) is -1.38. The van der Waals surface area contributed by atoms with Gasteiger partial charge >= 0.3 is 18.2 Å². The van der Waals surface area contributed by atoms with Crippen molar-refractivity contribution in [3.8, 4) is 5.75 Å². The van der Waals surface area contributed by atoms with Crippen LogP contribution in [0.1, 0.15) is 36.7 Å². The molecule has 0 aliphatic rings. The highest BCUT2D eigenvalue weighted by Crippen LogP contribution is 2.12. The van der Waals surface area contributed by atoms with Gasteiger partial charge in [0, 0.05) is 12.1 Å². The third-order valence-corrected chi connectivity index (χ3v) is 4.43. The molecule has 194 valence electrons. The van der Waals surface area contributed by atoms with Gasteiger partial charge in [-0.3, -0.25) is 4.79 Å². The number of carboxylic acid groups (broad SMARTS) is 1. The molecule has 4 N–H and O–H groups in total. The van der Waals surface area contributed by atoms with E-state index in [1.54, 1.807) is 57.2 Å². The minimum absolute atomic E-state index is 0.0170. The van der Waals surface area contributed by atoms with Crippen LogP contribution in [0.15, 0.2) is 54.6 Å². The van der Waals surface area contributed by atoms with Gasteiger partial charge in [-0.25, -0.2) is 14.4 Å². The number of carboxylic acids is 1. The Labute approximate surface area is 209 Å². The second-order valence-electron chi connectivity index (χ2n) is 8.61. The summed E-state index contributed by atoms with van der Waals surface area (Å²) < 4.78 is 15.6. The lowest BCUT2D eigenvalue weighted by molar-refractivity contribution is -0.139. The molecule has 0 fully saturated rings. The van der Waals surface area contributed by atoms with Crippen molar-refractivity contribution >= 4 is 24.1 Å². The first-order chi connectivity index (χ1) is 17.0. The third-order valence-electron chi connectivity index (χ3n) is 4.43. The van der Waals surface area contributed by atoms with Crippen LogP contribution >= 0.6 is 0 Å². The number of aliphatic carboxylic acids is 1. The van der Waals surface area contributed by atoms with Crippen molar-refractivity contribution in [2.45, 2.75) is 39.0 Å². The molecule has 2 aromatic rings. The lowest BCUT2D eigenvalue weighted by Gasteiger charge is -2.19. The number of amides is 3. The summed E-state index contributed by atoms with van der Waals surface area (Å²) in [5, 5.41) is 16.6. The van der Waals surface area contributed by atoms with Crippen LogP contribution in [-0.4, -0.2) is 60.5 Å². The number of hydrogen-bond acceptors (Lipinski definition) is 7. The number of ether oxygens (including phenoxy) is 3. The fraction of sp³-hybridized carbons (Fsp3) is 0.360. The molecule has 0 aliphatic heterocycles. The molecule has 0 bridgehead atoms. The molecule has 3 amide bonds. The zero-order chi connectivity index (χ0) is 26.6. The van der Waals surface area contributed by atoms with E-state index in [0.717, 1.165) is 5.56 Å². The van der Waals surface area contributed by atoms with Gasteiger partial charge in [0.2, 0.25) is 0 Å². The molecular weight excluding hydrogens is 470 g/mol. The summed E-state index contributed by atoms with van der Waals surface area (Å²) in [4.78, 5) is 47.4. The zero-order valence-corrected chi connectivity index (χ0v) is 20.4. The summed E-state index contributed by atoms with van der Waals surface area (Å²) >= 11 is 0. The lowest BCUT2D eigenvalue weighted by Crippen LogP contribution is -2.48. The molecule has 0 radical (unpaired) electrons. The average Bonchev–Trinajstić information content (AvgIpc) is 2.82. The quantitative estimate of drug-likeness (QED) is 0.343. The minimum Gasteiger partial charge on any atom is -0.492 e. The first kappa shape index (κ1) is 28.0.